The van der Waals surface area contributed by atoms with Crippen molar-refractivity contribution < 1.29 is 28.0 Å². The van der Waals surface area contributed by atoms with E-state index in [2.05, 4.69) is 20.9 Å². The quantitative estimate of drug-likeness (QED) is 0.480. The molecule has 0 saturated heterocycles. The first-order valence-electron chi connectivity index (χ1n) is 9.73. The number of carbonyl (C=O) groups is 3. The van der Waals surface area contributed by atoms with Crippen molar-refractivity contribution in [2.75, 3.05) is 19.0 Å². The van der Waals surface area contributed by atoms with Crippen LogP contribution in [-0.4, -0.2) is 41.9 Å². The number of nitrogens with zero attached hydrogens (tertiary/aromatic N) is 1. The van der Waals surface area contributed by atoms with E-state index < -0.39 is 23.3 Å². The third kappa shape index (κ3) is 5.34. The van der Waals surface area contributed by atoms with E-state index in [4.69, 9.17) is 13.6 Å². The van der Waals surface area contributed by atoms with Crippen LogP contribution in [0.3, 0.4) is 0 Å². The van der Waals surface area contributed by atoms with E-state index in [0.717, 1.165) is 0 Å². The fourth-order valence-corrected chi connectivity index (χ4v) is 2.90. The summed E-state index contributed by atoms with van der Waals surface area (Å²) >= 11 is 0. The summed E-state index contributed by atoms with van der Waals surface area (Å²) in [5.41, 5.74) is 0.826. The number of aromatic nitrogens is 1. The second kappa shape index (κ2) is 9.38. The monoisotopic (exact) mass is 440 g/mol. The minimum atomic E-state index is -0.890. The van der Waals surface area contributed by atoms with Gasteiger partial charge in [-0.2, -0.15) is 0 Å². The third-order valence-electron chi connectivity index (χ3n) is 4.57. The van der Waals surface area contributed by atoms with Crippen LogP contribution in [0, 0.1) is 6.92 Å². The molecule has 168 valence electrons. The highest BCUT2D eigenvalue weighted by Gasteiger charge is 2.26. The number of hydrogen-bond acceptors (Lipinski definition) is 7. The molecule has 2 aromatic heterocycles. The van der Waals surface area contributed by atoms with E-state index in [1.54, 1.807) is 45.0 Å². The fraction of sp³-hybridized carbons (Fsp3) is 0.273. The molecular formula is C22H24N4O6. The molecule has 0 spiro atoms. The Kier molecular flexibility index (Phi) is 6.62. The van der Waals surface area contributed by atoms with Gasteiger partial charge in [0.1, 0.15) is 5.75 Å². The molecule has 0 aliphatic rings. The van der Waals surface area contributed by atoms with Crippen LogP contribution in [-0.2, 0) is 9.59 Å². The zero-order valence-electron chi connectivity index (χ0n) is 18.1. The molecule has 3 N–H and O–H groups in total. The van der Waals surface area contributed by atoms with Crippen molar-refractivity contribution in [3.05, 3.63) is 54.4 Å². The summed E-state index contributed by atoms with van der Waals surface area (Å²) in [5.74, 6) is -0.967. The molecule has 3 aromatic rings. The molecule has 2 heterocycles. The Hall–Kier alpha value is -4.08. The molecule has 0 bridgehead atoms. The average Bonchev–Trinajstić information content (AvgIpc) is 3.43. The first-order chi connectivity index (χ1) is 15.2. The van der Waals surface area contributed by atoms with Gasteiger partial charge in [-0.3, -0.25) is 14.4 Å². The zero-order valence-corrected chi connectivity index (χ0v) is 18.1. The topological polar surface area (TPSA) is 136 Å². The summed E-state index contributed by atoms with van der Waals surface area (Å²) < 4.78 is 15.8. The van der Waals surface area contributed by atoms with E-state index in [1.165, 1.54) is 26.0 Å². The van der Waals surface area contributed by atoms with Gasteiger partial charge in [0.2, 0.25) is 0 Å². The number of hydrogen-bond donors (Lipinski definition) is 3. The first-order valence-corrected chi connectivity index (χ1v) is 9.73. The lowest BCUT2D eigenvalue weighted by Gasteiger charge is -2.26. The molecule has 3 rings (SSSR count). The molecule has 10 heteroatoms. The van der Waals surface area contributed by atoms with Gasteiger partial charge >= 0.3 is 11.8 Å². The molecule has 3 amide bonds. The second-order valence-electron chi connectivity index (χ2n) is 7.69. The van der Waals surface area contributed by atoms with Gasteiger partial charge in [0.25, 0.3) is 5.91 Å². The lowest BCUT2D eigenvalue weighted by Crippen LogP contribution is -2.54. The van der Waals surface area contributed by atoms with Gasteiger partial charge in [-0.05, 0) is 39.0 Å². The molecule has 0 aliphatic carbocycles. The van der Waals surface area contributed by atoms with Crippen LogP contribution in [0.1, 0.15) is 30.0 Å². The Labute approximate surface area is 184 Å². The molecule has 0 saturated carbocycles. The molecular weight excluding hydrogens is 416 g/mol. The highest BCUT2D eigenvalue weighted by Crippen LogP contribution is 2.32. The van der Waals surface area contributed by atoms with Crippen molar-refractivity contribution in [1.29, 1.82) is 0 Å². The van der Waals surface area contributed by atoms with E-state index in [1.807, 2.05) is 0 Å². The number of oxazole rings is 1. The summed E-state index contributed by atoms with van der Waals surface area (Å²) in [7, 11) is 1.48. The van der Waals surface area contributed by atoms with Crippen LogP contribution in [0.4, 0.5) is 5.69 Å². The Bertz CT molecular complexity index is 1120. The van der Waals surface area contributed by atoms with Gasteiger partial charge < -0.3 is 29.5 Å². The van der Waals surface area contributed by atoms with Crippen LogP contribution in [0.25, 0.3) is 11.3 Å². The molecule has 0 aliphatic heterocycles. The van der Waals surface area contributed by atoms with Crippen LogP contribution < -0.4 is 20.7 Å². The summed E-state index contributed by atoms with van der Waals surface area (Å²) in [6.07, 6.45) is 4.26. The number of methoxy groups -OCH3 is 1. The van der Waals surface area contributed by atoms with Crippen molar-refractivity contribution in [2.24, 2.45) is 0 Å². The first kappa shape index (κ1) is 22.6. The van der Waals surface area contributed by atoms with Gasteiger partial charge in [0, 0.05) is 23.9 Å². The van der Waals surface area contributed by atoms with E-state index in [9.17, 15) is 14.4 Å². The highest BCUT2D eigenvalue weighted by atomic mass is 16.5. The SMILES string of the molecule is COc1cc(NC(=O)C(=O)NC(C)(C)CNC(=O)c2occc2C)ccc1-c1cnco1. The predicted molar refractivity (Wildman–Crippen MR) is 115 cm³/mol. The number of amides is 3. The van der Waals surface area contributed by atoms with Gasteiger partial charge in [-0.15, -0.1) is 0 Å². The van der Waals surface area contributed by atoms with Crippen molar-refractivity contribution >= 4 is 23.4 Å². The summed E-state index contributed by atoms with van der Waals surface area (Å²) in [6, 6.07) is 6.55. The van der Waals surface area contributed by atoms with Crippen molar-refractivity contribution in [3.63, 3.8) is 0 Å². The standard InChI is InChI=1S/C22H24N4O6/c1-13-7-8-31-18(13)19(27)24-11-22(2,3)26-21(29)20(28)25-14-5-6-15(16(9-14)30-4)17-10-23-12-32-17/h5-10,12H,11H2,1-4H3,(H,24,27)(H,25,28)(H,26,29). The van der Waals surface area contributed by atoms with E-state index in [-0.39, 0.29) is 12.3 Å². The number of carbonyl (C=O) groups excluding carboxylic acids is 3. The zero-order chi connectivity index (χ0) is 23.3. The van der Waals surface area contributed by atoms with Crippen LogP contribution in [0.15, 0.2) is 52.0 Å². The highest BCUT2D eigenvalue weighted by molar-refractivity contribution is 6.39. The fourth-order valence-electron chi connectivity index (χ4n) is 2.90. The van der Waals surface area contributed by atoms with Gasteiger partial charge in [-0.1, -0.05) is 0 Å². The summed E-state index contributed by atoms with van der Waals surface area (Å²) in [6.45, 7) is 5.21. The van der Waals surface area contributed by atoms with E-state index in [0.29, 0.717) is 28.3 Å². The van der Waals surface area contributed by atoms with Crippen molar-refractivity contribution in [2.45, 2.75) is 26.3 Å². The van der Waals surface area contributed by atoms with Gasteiger partial charge in [0.05, 0.1) is 30.7 Å². The number of ether oxygens (including phenoxy) is 1. The lowest BCUT2D eigenvalue weighted by molar-refractivity contribution is -0.137. The summed E-state index contributed by atoms with van der Waals surface area (Å²) in [5, 5.41) is 7.81. The lowest BCUT2D eigenvalue weighted by atomic mass is 10.1. The molecule has 0 fully saturated rings. The number of aryl methyl sites for hydroxylation is 1. The second-order valence-corrected chi connectivity index (χ2v) is 7.69. The Morgan fingerprint density at radius 2 is 1.91 bits per heavy atom. The average molecular weight is 440 g/mol. The maximum atomic E-state index is 12.4. The number of anilines is 1. The number of rotatable bonds is 7. The third-order valence-corrected chi connectivity index (χ3v) is 4.57. The van der Waals surface area contributed by atoms with Gasteiger partial charge in [0.15, 0.2) is 17.9 Å². The van der Waals surface area contributed by atoms with Crippen molar-refractivity contribution in [1.82, 2.24) is 15.6 Å². The minimum absolute atomic E-state index is 0.0880. The van der Waals surface area contributed by atoms with E-state index >= 15 is 0 Å². The molecule has 0 radical (unpaired) electrons. The maximum absolute atomic E-state index is 12.4. The van der Waals surface area contributed by atoms with Crippen molar-refractivity contribution in [3.8, 4) is 17.1 Å². The number of furan rings is 1. The molecule has 1 aromatic carbocycles. The Balaban J connectivity index is 1.58. The van der Waals surface area contributed by atoms with Crippen LogP contribution in [0.2, 0.25) is 0 Å². The molecule has 10 nitrogen and oxygen atoms in total. The van der Waals surface area contributed by atoms with Gasteiger partial charge in [-0.25, -0.2) is 4.98 Å². The smallest absolute Gasteiger partial charge is 0.313 e. The maximum Gasteiger partial charge on any atom is 0.313 e. The largest absolute Gasteiger partial charge is 0.496 e. The Morgan fingerprint density at radius 3 is 2.53 bits per heavy atom. The Morgan fingerprint density at radius 1 is 1.12 bits per heavy atom. The molecule has 0 unspecified atom stereocenters. The summed E-state index contributed by atoms with van der Waals surface area (Å²) in [4.78, 5) is 40.8. The number of nitrogens with one attached hydrogen (secondary N) is 3. The van der Waals surface area contributed by atoms with Crippen LogP contribution >= 0.6 is 0 Å². The molecule has 0 atom stereocenters. The minimum Gasteiger partial charge on any atom is -0.496 e. The predicted octanol–water partition coefficient (Wildman–Crippen LogP) is 2.51. The van der Waals surface area contributed by atoms with Crippen LogP contribution in [0.5, 0.6) is 5.75 Å². The number of benzene rings is 1. The molecule has 32 heavy (non-hydrogen) atoms. The normalized spacial score (nSPS) is 11.0.